The van der Waals surface area contributed by atoms with Gasteiger partial charge in [-0.25, -0.2) is 0 Å². The lowest BCUT2D eigenvalue weighted by atomic mass is 10.1. The smallest absolute Gasteiger partial charge is 0.405 e. The molecule has 0 amide bonds. The molecule has 1 aromatic rings. The van der Waals surface area contributed by atoms with Crippen LogP contribution in [0.4, 0.5) is 13.2 Å². The Labute approximate surface area is 96.5 Å². The van der Waals surface area contributed by atoms with Gasteiger partial charge in [-0.3, -0.25) is 11.3 Å². The van der Waals surface area contributed by atoms with Crippen LogP contribution < -0.4 is 16.0 Å². The number of para-hydroxylation sites is 1. The molecule has 0 aliphatic rings. The van der Waals surface area contributed by atoms with Gasteiger partial charge >= 0.3 is 6.36 Å². The van der Waals surface area contributed by atoms with Crippen LogP contribution in [0.3, 0.4) is 0 Å². The first-order valence-electron chi connectivity index (χ1n) is 4.77. The maximum Gasteiger partial charge on any atom is 0.573 e. The van der Waals surface area contributed by atoms with E-state index in [1.54, 1.807) is 6.07 Å². The Morgan fingerprint density at radius 2 is 2.00 bits per heavy atom. The van der Waals surface area contributed by atoms with Gasteiger partial charge < -0.3 is 9.47 Å². The Morgan fingerprint density at radius 3 is 2.53 bits per heavy atom. The minimum atomic E-state index is -4.73. The maximum atomic E-state index is 12.2. The zero-order valence-electron chi connectivity index (χ0n) is 9.12. The van der Waals surface area contributed by atoms with Gasteiger partial charge in [-0.2, -0.15) is 0 Å². The Morgan fingerprint density at radius 1 is 1.35 bits per heavy atom. The molecule has 1 atom stereocenters. The van der Waals surface area contributed by atoms with Crippen LogP contribution in [0, 0.1) is 0 Å². The molecule has 1 unspecified atom stereocenters. The lowest BCUT2D eigenvalue weighted by Crippen LogP contribution is -2.32. The van der Waals surface area contributed by atoms with Crippen LogP contribution >= 0.6 is 0 Å². The lowest BCUT2D eigenvalue weighted by Gasteiger charge is -2.19. The summed E-state index contributed by atoms with van der Waals surface area (Å²) in [5.74, 6) is 4.97. The van der Waals surface area contributed by atoms with Gasteiger partial charge in [0.2, 0.25) is 0 Å². The van der Waals surface area contributed by atoms with E-state index in [1.165, 1.54) is 25.3 Å². The molecule has 4 nitrogen and oxygen atoms in total. The van der Waals surface area contributed by atoms with Crippen LogP contribution in [-0.4, -0.2) is 20.1 Å². The average molecular weight is 250 g/mol. The molecule has 0 radical (unpaired) electrons. The minimum Gasteiger partial charge on any atom is -0.405 e. The normalized spacial score (nSPS) is 13.5. The highest BCUT2D eigenvalue weighted by Gasteiger charge is 2.32. The second kappa shape index (κ2) is 5.85. The summed E-state index contributed by atoms with van der Waals surface area (Å²) in [6.07, 6.45) is -4.73. The van der Waals surface area contributed by atoms with E-state index in [9.17, 15) is 13.2 Å². The lowest BCUT2D eigenvalue weighted by molar-refractivity contribution is -0.275. The van der Waals surface area contributed by atoms with Crippen LogP contribution in [0.5, 0.6) is 5.75 Å². The van der Waals surface area contributed by atoms with E-state index in [0.29, 0.717) is 0 Å². The van der Waals surface area contributed by atoms with Crippen LogP contribution in [0.15, 0.2) is 24.3 Å². The molecule has 0 saturated carbocycles. The molecule has 1 rings (SSSR count). The van der Waals surface area contributed by atoms with Crippen molar-refractivity contribution in [1.29, 1.82) is 0 Å². The maximum absolute atomic E-state index is 12.2. The molecule has 3 N–H and O–H groups in total. The number of nitrogens with one attached hydrogen (secondary N) is 1. The van der Waals surface area contributed by atoms with Gasteiger partial charge in [-0.1, -0.05) is 18.2 Å². The van der Waals surface area contributed by atoms with Crippen LogP contribution in [-0.2, 0) is 4.74 Å². The highest BCUT2D eigenvalue weighted by Crippen LogP contribution is 2.29. The predicted molar refractivity (Wildman–Crippen MR) is 55.1 cm³/mol. The number of hydrogen-bond donors (Lipinski definition) is 2. The van der Waals surface area contributed by atoms with E-state index in [1.807, 2.05) is 0 Å². The first-order valence-corrected chi connectivity index (χ1v) is 4.77. The van der Waals surface area contributed by atoms with Crippen LogP contribution in [0.2, 0.25) is 0 Å². The molecule has 96 valence electrons. The number of methoxy groups -OCH3 is 1. The van der Waals surface area contributed by atoms with Crippen molar-refractivity contribution in [2.45, 2.75) is 12.4 Å². The summed E-state index contributed by atoms with van der Waals surface area (Å²) in [6, 6.07) is 5.19. The summed E-state index contributed by atoms with van der Waals surface area (Å²) in [7, 11) is 1.43. The standard InChI is InChI=1S/C10H13F3N2O2/c1-16-6-8(15-14)7-4-2-3-5-9(7)17-10(11,12)13/h2-5,8,15H,6,14H2,1H3. The number of halogens is 3. The van der Waals surface area contributed by atoms with E-state index >= 15 is 0 Å². The molecule has 0 spiro atoms. The second-order valence-corrected chi connectivity index (χ2v) is 3.26. The highest BCUT2D eigenvalue weighted by atomic mass is 19.4. The summed E-state index contributed by atoms with van der Waals surface area (Å²) >= 11 is 0. The van der Waals surface area contributed by atoms with E-state index in [-0.39, 0.29) is 17.9 Å². The van der Waals surface area contributed by atoms with Crippen molar-refractivity contribution in [1.82, 2.24) is 5.43 Å². The van der Waals surface area contributed by atoms with Gasteiger partial charge in [0, 0.05) is 12.7 Å². The Hall–Kier alpha value is -1.31. The third kappa shape index (κ3) is 4.22. The molecular formula is C10H13F3N2O2. The number of hydrogen-bond acceptors (Lipinski definition) is 4. The third-order valence-electron chi connectivity index (χ3n) is 2.05. The van der Waals surface area contributed by atoms with Gasteiger partial charge in [-0.05, 0) is 6.07 Å². The molecule has 0 aromatic heterocycles. The number of benzene rings is 1. The number of alkyl halides is 3. The van der Waals surface area contributed by atoms with Gasteiger partial charge in [0.05, 0.1) is 12.6 Å². The van der Waals surface area contributed by atoms with Crippen LogP contribution in [0.25, 0.3) is 0 Å². The SMILES string of the molecule is COCC(NN)c1ccccc1OC(F)(F)F. The molecule has 0 saturated heterocycles. The zero-order valence-corrected chi connectivity index (χ0v) is 9.12. The molecule has 0 fully saturated rings. The van der Waals surface area contributed by atoms with Gasteiger partial charge in [0.15, 0.2) is 0 Å². The summed E-state index contributed by atoms with van der Waals surface area (Å²) < 4.78 is 45.3. The van der Waals surface area contributed by atoms with E-state index in [0.717, 1.165) is 0 Å². The van der Waals surface area contributed by atoms with Crippen molar-refractivity contribution in [2.75, 3.05) is 13.7 Å². The number of hydrazine groups is 1. The molecule has 17 heavy (non-hydrogen) atoms. The molecule has 0 aliphatic carbocycles. The average Bonchev–Trinajstić information content (AvgIpc) is 2.25. The number of rotatable bonds is 5. The van der Waals surface area contributed by atoms with E-state index in [4.69, 9.17) is 10.6 Å². The summed E-state index contributed by atoms with van der Waals surface area (Å²) in [4.78, 5) is 0. The van der Waals surface area contributed by atoms with Crippen molar-refractivity contribution in [2.24, 2.45) is 5.84 Å². The Kier molecular flexibility index (Phi) is 4.73. The van der Waals surface area contributed by atoms with Crippen molar-refractivity contribution in [3.05, 3.63) is 29.8 Å². The van der Waals surface area contributed by atoms with Crippen molar-refractivity contribution < 1.29 is 22.6 Å². The van der Waals surface area contributed by atoms with Crippen LogP contribution in [0.1, 0.15) is 11.6 Å². The van der Waals surface area contributed by atoms with Crippen molar-refractivity contribution in [3.63, 3.8) is 0 Å². The van der Waals surface area contributed by atoms with E-state index < -0.39 is 12.4 Å². The zero-order chi connectivity index (χ0) is 12.9. The summed E-state index contributed by atoms with van der Waals surface area (Å²) in [6.45, 7) is 0.134. The fourth-order valence-corrected chi connectivity index (χ4v) is 1.38. The molecule has 0 heterocycles. The van der Waals surface area contributed by atoms with Gasteiger partial charge in [-0.15, -0.1) is 13.2 Å². The first kappa shape index (κ1) is 13.8. The Bertz CT molecular complexity index is 358. The van der Waals surface area contributed by atoms with E-state index in [2.05, 4.69) is 10.2 Å². The molecular weight excluding hydrogens is 237 g/mol. The topological polar surface area (TPSA) is 56.5 Å². The highest BCUT2D eigenvalue weighted by molar-refractivity contribution is 5.36. The number of nitrogens with two attached hydrogens (primary N) is 1. The van der Waals surface area contributed by atoms with Crippen molar-refractivity contribution in [3.8, 4) is 5.75 Å². The summed E-state index contributed by atoms with van der Waals surface area (Å²) in [5, 5.41) is 0. The molecule has 7 heteroatoms. The van der Waals surface area contributed by atoms with Gasteiger partial charge in [0.25, 0.3) is 0 Å². The molecule has 1 aromatic carbocycles. The number of ether oxygens (including phenoxy) is 2. The minimum absolute atomic E-state index is 0.134. The largest absolute Gasteiger partial charge is 0.573 e. The molecule has 0 aliphatic heterocycles. The second-order valence-electron chi connectivity index (χ2n) is 3.26. The van der Waals surface area contributed by atoms with Gasteiger partial charge in [0.1, 0.15) is 5.75 Å². The Balaban J connectivity index is 2.97. The monoisotopic (exact) mass is 250 g/mol. The summed E-state index contributed by atoms with van der Waals surface area (Å²) in [5.41, 5.74) is 2.66. The predicted octanol–water partition coefficient (Wildman–Crippen LogP) is 1.74. The van der Waals surface area contributed by atoms with Crippen molar-refractivity contribution >= 4 is 0 Å². The molecule has 0 bridgehead atoms. The first-order chi connectivity index (χ1) is 7.98. The fraction of sp³-hybridized carbons (Fsp3) is 0.400. The third-order valence-corrected chi connectivity index (χ3v) is 2.05. The quantitative estimate of drug-likeness (QED) is 0.617. The fourth-order valence-electron chi connectivity index (χ4n) is 1.38.